The molecule has 100 valence electrons. The van der Waals surface area contributed by atoms with Gasteiger partial charge in [-0.25, -0.2) is 0 Å². The third-order valence-electron chi connectivity index (χ3n) is 4.80. The van der Waals surface area contributed by atoms with E-state index in [9.17, 15) is 4.79 Å². The van der Waals surface area contributed by atoms with Crippen LogP contribution in [0.5, 0.6) is 5.75 Å². The quantitative estimate of drug-likeness (QED) is 0.784. The highest BCUT2D eigenvalue weighted by Crippen LogP contribution is 2.55. The number of ether oxygens (including phenoxy) is 1. The Balaban J connectivity index is 2.08. The summed E-state index contributed by atoms with van der Waals surface area (Å²) in [6.07, 6.45) is 2.58. The van der Waals surface area contributed by atoms with Crippen molar-refractivity contribution in [1.29, 1.82) is 0 Å². The number of hydrogen-bond donors (Lipinski definition) is 0. The summed E-state index contributed by atoms with van der Waals surface area (Å²) in [5.41, 5.74) is 4.31. The number of carbonyl (C=O) groups excluding carboxylic acids is 1. The minimum Gasteiger partial charge on any atom is -0.497 e. The van der Waals surface area contributed by atoms with Crippen molar-refractivity contribution in [2.24, 2.45) is 0 Å². The van der Waals surface area contributed by atoms with Crippen LogP contribution in [0, 0.1) is 0 Å². The molecule has 0 N–H and O–H groups in total. The summed E-state index contributed by atoms with van der Waals surface area (Å²) >= 11 is 0. The number of ketones is 1. The lowest BCUT2D eigenvalue weighted by Crippen LogP contribution is -2.29. The van der Waals surface area contributed by atoms with Crippen molar-refractivity contribution in [2.45, 2.75) is 24.7 Å². The maximum atomic E-state index is 12.7. The standard InChI is InChI=1S/C18H16O2/c1-20-12-8-9-14-13-5-2-3-6-15(13)18(16(14)11-12)10-4-7-17(18)19/h2-3,5-6,8-9,11H,4,7,10H2,1H3/t18-/m1/s1. The first-order valence-electron chi connectivity index (χ1n) is 7.09. The fourth-order valence-corrected chi connectivity index (χ4v) is 3.91. The zero-order valence-corrected chi connectivity index (χ0v) is 11.5. The lowest BCUT2D eigenvalue weighted by molar-refractivity contribution is -0.120. The van der Waals surface area contributed by atoms with Gasteiger partial charge in [0.25, 0.3) is 0 Å². The van der Waals surface area contributed by atoms with Crippen LogP contribution in [-0.4, -0.2) is 12.9 Å². The van der Waals surface area contributed by atoms with E-state index in [1.165, 1.54) is 16.7 Å². The average Bonchev–Trinajstić information content (AvgIpc) is 3.01. The summed E-state index contributed by atoms with van der Waals surface area (Å²) in [5, 5.41) is 0. The van der Waals surface area contributed by atoms with Crippen molar-refractivity contribution in [1.82, 2.24) is 0 Å². The molecule has 0 unspecified atom stereocenters. The molecule has 2 aliphatic rings. The number of rotatable bonds is 1. The van der Waals surface area contributed by atoms with Gasteiger partial charge >= 0.3 is 0 Å². The van der Waals surface area contributed by atoms with Crippen LogP contribution in [-0.2, 0) is 10.2 Å². The molecule has 2 aromatic rings. The van der Waals surface area contributed by atoms with E-state index in [0.29, 0.717) is 12.2 Å². The van der Waals surface area contributed by atoms with E-state index in [4.69, 9.17) is 4.74 Å². The first-order valence-corrected chi connectivity index (χ1v) is 7.09. The van der Waals surface area contributed by atoms with Gasteiger partial charge in [0.05, 0.1) is 12.5 Å². The van der Waals surface area contributed by atoms with Gasteiger partial charge in [-0.05, 0) is 47.2 Å². The normalized spacial score (nSPS) is 22.9. The van der Waals surface area contributed by atoms with E-state index in [1.54, 1.807) is 7.11 Å². The predicted octanol–water partition coefficient (Wildman–Crippen LogP) is 3.71. The van der Waals surface area contributed by atoms with E-state index >= 15 is 0 Å². The molecule has 0 amide bonds. The van der Waals surface area contributed by atoms with Gasteiger partial charge in [-0.3, -0.25) is 4.79 Å². The Morgan fingerprint density at radius 3 is 2.60 bits per heavy atom. The molecule has 0 heterocycles. The number of fused-ring (bicyclic) bond motifs is 5. The highest BCUT2D eigenvalue weighted by atomic mass is 16.5. The fraction of sp³-hybridized carbons (Fsp3) is 0.278. The zero-order valence-electron chi connectivity index (χ0n) is 11.5. The molecule has 2 aromatic carbocycles. The Morgan fingerprint density at radius 1 is 1.05 bits per heavy atom. The molecule has 0 bridgehead atoms. The van der Waals surface area contributed by atoms with Gasteiger partial charge in [0.1, 0.15) is 11.5 Å². The van der Waals surface area contributed by atoms with Crippen molar-refractivity contribution >= 4 is 5.78 Å². The molecule has 0 aliphatic heterocycles. The van der Waals surface area contributed by atoms with Gasteiger partial charge in [-0.1, -0.05) is 30.3 Å². The van der Waals surface area contributed by atoms with E-state index in [-0.39, 0.29) is 0 Å². The van der Waals surface area contributed by atoms with Gasteiger partial charge in [0.15, 0.2) is 0 Å². The summed E-state index contributed by atoms with van der Waals surface area (Å²) in [4.78, 5) is 12.7. The zero-order chi connectivity index (χ0) is 13.7. The number of benzene rings is 2. The maximum Gasteiger partial charge on any atom is 0.147 e. The summed E-state index contributed by atoms with van der Waals surface area (Å²) in [7, 11) is 1.67. The minimum absolute atomic E-state index is 0.358. The molecule has 4 rings (SSSR count). The van der Waals surface area contributed by atoms with Crippen LogP contribution in [0.25, 0.3) is 11.1 Å². The highest BCUT2D eigenvalue weighted by Gasteiger charge is 2.50. The maximum absolute atomic E-state index is 12.7. The SMILES string of the molecule is COc1ccc2c(c1)[C@@]1(CCCC1=O)c1ccccc1-2. The second kappa shape index (κ2) is 3.95. The van der Waals surface area contributed by atoms with Crippen LogP contribution in [0.4, 0.5) is 0 Å². The summed E-state index contributed by atoms with van der Waals surface area (Å²) in [5.74, 6) is 1.19. The van der Waals surface area contributed by atoms with Crippen LogP contribution in [0.15, 0.2) is 42.5 Å². The van der Waals surface area contributed by atoms with Crippen LogP contribution < -0.4 is 4.74 Å². The first kappa shape index (κ1) is 11.7. The summed E-state index contributed by atoms with van der Waals surface area (Å²) in [6, 6.07) is 14.5. The fourth-order valence-electron chi connectivity index (χ4n) is 3.91. The summed E-state index contributed by atoms with van der Waals surface area (Å²) < 4.78 is 5.36. The first-order chi connectivity index (χ1) is 9.77. The average molecular weight is 264 g/mol. The molecule has 1 fully saturated rings. The molecule has 2 nitrogen and oxygen atoms in total. The van der Waals surface area contributed by atoms with E-state index in [1.807, 2.05) is 18.2 Å². The van der Waals surface area contributed by atoms with E-state index in [2.05, 4.69) is 24.3 Å². The van der Waals surface area contributed by atoms with Gasteiger partial charge < -0.3 is 4.74 Å². The van der Waals surface area contributed by atoms with Crippen molar-refractivity contribution in [2.75, 3.05) is 7.11 Å². The lowest BCUT2D eigenvalue weighted by Gasteiger charge is -2.24. The molecule has 0 saturated heterocycles. The van der Waals surface area contributed by atoms with Crippen LogP contribution >= 0.6 is 0 Å². The molecular formula is C18H16O2. The van der Waals surface area contributed by atoms with Gasteiger partial charge in [0.2, 0.25) is 0 Å². The van der Waals surface area contributed by atoms with Crippen molar-refractivity contribution < 1.29 is 9.53 Å². The molecule has 0 radical (unpaired) electrons. The Hall–Kier alpha value is -2.09. The molecule has 1 saturated carbocycles. The van der Waals surface area contributed by atoms with Gasteiger partial charge in [-0.15, -0.1) is 0 Å². The summed E-state index contributed by atoms with van der Waals surface area (Å²) in [6.45, 7) is 0. The second-order valence-corrected chi connectivity index (χ2v) is 5.64. The topological polar surface area (TPSA) is 26.3 Å². The van der Waals surface area contributed by atoms with Crippen LogP contribution in [0.1, 0.15) is 30.4 Å². The lowest BCUT2D eigenvalue weighted by atomic mass is 9.76. The molecule has 1 atom stereocenters. The largest absolute Gasteiger partial charge is 0.497 e. The Bertz CT molecular complexity index is 717. The molecule has 20 heavy (non-hydrogen) atoms. The van der Waals surface area contributed by atoms with Crippen molar-refractivity contribution in [3.8, 4) is 16.9 Å². The minimum atomic E-state index is -0.416. The number of carbonyl (C=O) groups is 1. The monoisotopic (exact) mass is 264 g/mol. The number of Topliss-reactive ketones (excluding diaryl/α,β-unsaturated/α-hetero) is 1. The highest BCUT2D eigenvalue weighted by molar-refractivity contribution is 6.03. The molecule has 0 aromatic heterocycles. The van der Waals surface area contributed by atoms with Crippen LogP contribution in [0.2, 0.25) is 0 Å². The Morgan fingerprint density at radius 2 is 1.85 bits per heavy atom. The third-order valence-corrected chi connectivity index (χ3v) is 4.80. The van der Waals surface area contributed by atoms with Crippen LogP contribution in [0.3, 0.4) is 0 Å². The second-order valence-electron chi connectivity index (χ2n) is 5.64. The van der Waals surface area contributed by atoms with E-state index in [0.717, 1.165) is 24.2 Å². The molecule has 1 spiro atoms. The Labute approximate surface area is 118 Å². The Kier molecular flexibility index (Phi) is 2.31. The number of methoxy groups -OCH3 is 1. The number of hydrogen-bond acceptors (Lipinski definition) is 2. The smallest absolute Gasteiger partial charge is 0.147 e. The molecule has 2 aliphatic carbocycles. The van der Waals surface area contributed by atoms with Gasteiger partial charge in [-0.2, -0.15) is 0 Å². The third kappa shape index (κ3) is 1.26. The molecular weight excluding hydrogens is 248 g/mol. The van der Waals surface area contributed by atoms with E-state index < -0.39 is 5.41 Å². The predicted molar refractivity (Wildman–Crippen MR) is 78.1 cm³/mol. The van der Waals surface area contributed by atoms with Crippen molar-refractivity contribution in [3.05, 3.63) is 53.6 Å². The molecule has 2 heteroatoms. The van der Waals surface area contributed by atoms with Crippen molar-refractivity contribution in [3.63, 3.8) is 0 Å². The van der Waals surface area contributed by atoms with Gasteiger partial charge in [0, 0.05) is 6.42 Å².